The van der Waals surface area contributed by atoms with Gasteiger partial charge in [0.15, 0.2) is 0 Å². The number of pyridine rings is 1. The highest BCUT2D eigenvalue weighted by Crippen LogP contribution is 2.24. The summed E-state index contributed by atoms with van der Waals surface area (Å²) in [5, 5.41) is 17.6. The van der Waals surface area contributed by atoms with Crippen LogP contribution in [-0.4, -0.2) is 94.0 Å². The lowest BCUT2D eigenvalue weighted by atomic mass is 10.0. The molecule has 17 heteroatoms. The average molecular weight is 597 g/mol. The number of halogens is 6. The third-order valence-electron chi connectivity index (χ3n) is 5.15. The topological polar surface area (TPSA) is 149 Å². The lowest BCUT2D eigenvalue weighted by Gasteiger charge is -2.20. The molecule has 41 heavy (non-hydrogen) atoms. The van der Waals surface area contributed by atoms with Crippen molar-refractivity contribution < 1.29 is 50.9 Å². The first-order chi connectivity index (χ1) is 18.8. The predicted molar refractivity (Wildman–Crippen MR) is 135 cm³/mol. The smallest absolute Gasteiger partial charge is 0.475 e. The van der Waals surface area contributed by atoms with E-state index in [9.17, 15) is 31.1 Å². The Balaban J connectivity index is 0.000000497. The average Bonchev–Trinajstić information content (AvgIpc) is 3.08. The molecule has 0 spiro atoms. The van der Waals surface area contributed by atoms with Crippen molar-refractivity contribution in [1.29, 1.82) is 0 Å². The van der Waals surface area contributed by atoms with Crippen LogP contribution < -0.4 is 10.2 Å². The fourth-order valence-electron chi connectivity index (χ4n) is 3.17. The highest BCUT2D eigenvalue weighted by atomic mass is 19.4. The van der Waals surface area contributed by atoms with E-state index in [0.29, 0.717) is 17.3 Å². The van der Waals surface area contributed by atoms with Gasteiger partial charge < -0.3 is 25.3 Å². The number of rotatable bonds is 5. The highest BCUT2D eigenvalue weighted by molar-refractivity contribution is 5.98. The number of carbonyl (C=O) groups is 3. The molecule has 2 aromatic heterocycles. The van der Waals surface area contributed by atoms with Crippen LogP contribution in [0.15, 0.2) is 24.7 Å². The fraction of sp³-hybridized carbons (Fsp3) is 0.500. The SMILES string of the molecule is CC(C)CNc1nc2c(cc1C(=O)N(C)C)CCN(c1ccncn1)CC2.O=C(O)C(F)(F)F.O=C(O)C(F)(F)F. The van der Waals surface area contributed by atoms with E-state index in [4.69, 9.17) is 24.8 Å². The largest absolute Gasteiger partial charge is 0.490 e. The van der Waals surface area contributed by atoms with E-state index in [0.717, 1.165) is 49.6 Å². The third-order valence-corrected chi connectivity index (χ3v) is 5.15. The van der Waals surface area contributed by atoms with Gasteiger partial charge in [-0.05, 0) is 30.0 Å². The van der Waals surface area contributed by atoms with Crippen molar-refractivity contribution in [2.24, 2.45) is 5.92 Å². The summed E-state index contributed by atoms with van der Waals surface area (Å²) in [5.74, 6) is -3.44. The molecule has 3 N–H and O–H groups in total. The molecule has 0 radical (unpaired) electrons. The first-order valence-corrected chi connectivity index (χ1v) is 11.9. The van der Waals surface area contributed by atoms with Crippen LogP contribution in [0.1, 0.15) is 35.5 Å². The van der Waals surface area contributed by atoms with E-state index >= 15 is 0 Å². The zero-order valence-electron chi connectivity index (χ0n) is 22.5. The molecule has 0 aliphatic carbocycles. The van der Waals surface area contributed by atoms with Gasteiger partial charge in [0.2, 0.25) is 0 Å². The molecule has 2 aromatic rings. The lowest BCUT2D eigenvalue weighted by Crippen LogP contribution is -2.26. The van der Waals surface area contributed by atoms with Crippen LogP contribution in [0.4, 0.5) is 38.0 Å². The van der Waals surface area contributed by atoms with Crippen LogP contribution in [0, 0.1) is 5.92 Å². The van der Waals surface area contributed by atoms with Crippen molar-refractivity contribution in [3.8, 4) is 0 Å². The number of carbonyl (C=O) groups excluding carboxylic acids is 1. The van der Waals surface area contributed by atoms with Crippen LogP contribution in [0.3, 0.4) is 0 Å². The normalized spacial score (nSPS) is 13.0. The zero-order chi connectivity index (χ0) is 31.5. The molecule has 1 aliphatic heterocycles. The first kappa shape index (κ1) is 34.8. The van der Waals surface area contributed by atoms with E-state index in [-0.39, 0.29) is 5.91 Å². The number of aliphatic carboxylic acids is 2. The van der Waals surface area contributed by atoms with Gasteiger partial charge in [0.25, 0.3) is 5.91 Å². The standard InChI is InChI=1S/C20H28N6O.2C2HF3O2/c1-14(2)12-22-19-16(20(27)25(3)4)11-15-6-9-26(10-7-17(15)24-19)18-5-8-21-13-23-18;2*3-2(4,5)1(6)7/h5,8,11,13-14H,6-7,9-10,12H2,1-4H3,(H,22,24);2*(H,6,7). The van der Waals surface area contributed by atoms with Crippen molar-refractivity contribution in [3.05, 3.63) is 41.5 Å². The van der Waals surface area contributed by atoms with E-state index in [2.05, 4.69) is 34.0 Å². The van der Waals surface area contributed by atoms with Gasteiger partial charge in [-0.1, -0.05) is 13.8 Å². The molecule has 1 amide bonds. The van der Waals surface area contributed by atoms with Crippen LogP contribution in [0.25, 0.3) is 0 Å². The molecule has 0 fully saturated rings. The summed E-state index contributed by atoms with van der Waals surface area (Å²) < 4.78 is 63.5. The number of hydrogen-bond donors (Lipinski definition) is 3. The predicted octanol–water partition coefficient (Wildman–Crippen LogP) is 3.51. The Bertz CT molecular complexity index is 1150. The van der Waals surface area contributed by atoms with Gasteiger partial charge >= 0.3 is 24.3 Å². The monoisotopic (exact) mass is 596 g/mol. The molecule has 228 valence electrons. The van der Waals surface area contributed by atoms with Crippen molar-refractivity contribution in [3.63, 3.8) is 0 Å². The van der Waals surface area contributed by atoms with Crippen LogP contribution in [0.5, 0.6) is 0 Å². The maximum Gasteiger partial charge on any atom is 0.490 e. The van der Waals surface area contributed by atoms with E-state index < -0.39 is 24.3 Å². The van der Waals surface area contributed by atoms with Crippen molar-refractivity contribution in [2.45, 2.75) is 39.0 Å². The molecule has 0 saturated heterocycles. The number of fused-ring (bicyclic) bond motifs is 1. The second-order valence-electron chi connectivity index (χ2n) is 9.13. The first-order valence-electron chi connectivity index (χ1n) is 11.9. The van der Waals surface area contributed by atoms with Gasteiger partial charge in [-0.25, -0.2) is 24.5 Å². The molecular weight excluding hydrogens is 566 g/mol. The number of carboxylic acids is 2. The Labute approximate surface area is 231 Å². The quantitative estimate of drug-likeness (QED) is 0.438. The van der Waals surface area contributed by atoms with Crippen LogP contribution in [0.2, 0.25) is 0 Å². The Morgan fingerprint density at radius 1 is 1.02 bits per heavy atom. The van der Waals surface area contributed by atoms with Gasteiger partial charge in [0.05, 0.1) is 5.56 Å². The maximum atomic E-state index is 12.7. The summed E-state index contributed by atoms with van der Waals surface area (Å²) in [4.78, 5) is 47.5. The van der Waals surface area contributed by atoms with Gasteiger partial charge in [0.1, 0.15) is 18.0 Å². The summed E-state index contributed by atoms with van der Waals surface area (Å²) >= 11 is 0. The van der Waals surface area contributed by atoms with Gasteiger partial charge in [-0.15, -0.1) is 0 Å². The molecule has 0 unspecified atom stereocenters. The summed E-state index contributed by atoms with van der Waals surface area (Å²) in [7, 11) is 3.55. The summed E-state index contributed by atoms with van der Waals surface area (Å²) in [6, 6.07) is 3.96. The van der Waals surface area contributed by atoms with E-state index in [1.54, 1.807) is 31.5 Å². The molecule has 3 rings (SSSR count). The minimum Gasteiger partial charge on any atom is -0.475 e. The number of alkyl halides is 6. The highest BCUT2D eigenvalue weighted by Gasteiger charge is 2.38. The molecule has 1 aliphatic rings. The minimum atomic E-state index is -5.08. The maximum absolute atomic E-state index is 12.7. The Hall–Kier alpha value is -4.18. The molecule has 3 heterocycles. The Morgan fingerprint density at radius 2 is 1.56 bits per heavy atom. The number of hydrogen-bond acceptors (Lipinski definition) is 8. The number of nitrogens with one attached hydrogen (secondary N) is 1. The van der Waals surface area contributed by atoms with Crippen molar-refractivity contribution in [1.82, 2.24) is 19.9 Å². The summed E-state index contributed by atoms with van der Waals surface area (Å²) in [5.41, 5.74) is 2.86. The van der Waals surface area contributed by atoms with Crippen molar-refractivity contribution >= 4 is 29.5 Å². The van der Waals surface area contributed by atoms with Gasteiger partial charge in [-0.2, -0.15) is 26.3 Å². The molecule has 0 bridgehead atoms. The Kier molecular flexibility index (Phi) is 12.7. The fourth-order valence-corrected chi connectivity index (χ4v) is 3.17. The zero-order valence-corrected chi connectivity index (χ0v) is 22.5. The van der Waals surface area contributed by atoms with Crippen molar-refractivity contribution in [2.75, 3.05) is 43.9 Å². The molecule has 0 saturated carbocycles. The van der Waals surface area contributed by atoms with Gasteiger partial charge in [-0.3, -0.25) is 4.79 Å². The third kappa shape index (κ3) is 11.8. The lowest BCUT2D eigenvalue weighted by molar-refractivity contribution is -0.193. The molecular formula is C24H30F6N6O5. The number of anilines is 2. The summed E-state index contributed by atoms with van der Waals surface area (Å²) in [6.07, 6.45) is -5.16. The van der Waals surface area contributed by atoms with Gasteiger partial charge in [0, 0.05) is 52.0 Å². The Morgan fingerprint density at radius 3 is 2.00 bits per heavy atom. The second kappa shape index (κ2) is 15.0. The number of aromatic nitrogens is 3. The number of amides is 1. The molecule has 0 aromatic carbocycles. The van der Waals surface area contributed by atoms with Crippen LogP contribution in [-0.2, 0) is 22.4 Å². The summed E-state index contributed by atoms with van der Waals surface area (Å²) in [6.45, 7) is 6.77. The second-order valence-corrected chi connectivity index (χ2v) is 9.13. The minimum absolute atomic E-state index is 0.0199. The molecule has 11 nitrogen and oxygen atoms in total. The van der Waals surface area contributed by atoms with E-state index in [1.807, 2.05) is 12.1 Å². The van der Waals surface area contributed by atoms with Crippen LogP contribution >= 0.6 is 0 Å². The number of nitrogens with zero attached hydrogens (tertiary/aromatic N) is 5. The number of carboxylic acid groups (broad SMARTS) is 2. The molecule has 0 atom stereocenters. The van der Waals surface area contributed by atoms with E-state index in [1.165, 1.54) is 0 Å².